The second kappa shape index (κ2) is 4.50. The molecule has 1 rings (SSSR count). The van der Waals surface area contributed by atoms with Crippen molar-refractivity contribution in [3.8, 4) is 0 Å². The number of carbonyl (C=O) groups excluding carboxylic acids is 1. The average molecular weight is 177 g/mol. The van der Waals surface area contributed by atoms with Crippen LogP contribution in [0.5, 0.6) is 0 Å². The molecule has 0 aromatic heterocycles. The summed E-state index contributed by atoms with van der Waals surface area (Å²) in [5.41, 5.74) is 6.22. The molecule has 1 aromatic carbocycles. The van der Waals surface area contributed by atoms with Crippen LogP contribution in [0.25, 0.3) is 0 Å². The van der Waals surface area contributed by atoms with Gasteiger partial charge in [-0.3, -0.25) is 0 Å². The van der Waals surface area contributed by atoms with Crippen LogP contribution in [-0.4, -0.2) is 10.9 Å². The molecule has 0 aliphatic heterocycles. The molecule has 3 nitrogen and oxygen atoms in total. The number of benzene rings is 1. The third-order valence-electron chi connectivity index (χ3n) is 1.79. The van der Waals surface area contributed by atoms with Gasteiger partial charge in [-0.25, -0.2) is 4.79 Å². The van der Waals surface area contributed by atoms with Gasteiger partial charge in [0.1, 0.15) is 0 Å². The van der Waals surface area contributed by atoms with Crippen molar-refractivity contribution in [1.29, 1.82) is 0 Å². The summed E-state index contributed by atoms with van der Waals surface area (Å²) in [5.74, 6) is 0. The zero-order valence-corrected chi connectivity index (χ0v) is 7.60. The molecule has 0 bridgehead atoms. The Labute approximate surface area is 78.2 Å². The highest BCUT2D eigenvalue weighted by molar-refractivity contribution is 5.72. The van der Waals surface area contributed by atoms with E-state index in [1.54, 1.807) is 13.5 Å². The standard InChI is InChI=1S/C10H13N2O/c1-2-12(10(11)13)8-9-6-4-3-5-7-9/h2-7H,8H2,1H3,(H2,11,13). The second-order valence-corrected chi connectivity index (χ2v) is 2.71. The lowest BCUT2D eigenvalue weighted by Crippen LogP contribution is -2.32. The quantitative estimate of drug-likeness (QED) is 0.751. The van der Waals surface area contributed by atoms with Gasteiger partial charge >= 0.3 is 6.03 Å². The van der Waals surface area contributed by atoms with E-state index in [4.69, 9.17) is 5.73 Å². The molecule has 2 N–H and O–H groups in total. The Balaban J connectivity index is 2.62. The van der Waals surface area contributed by atoms with Gasteiger partial charge in [-0.2, -0.15) is 0 Å². The van der Waals surface area contributed by atoms with E-state index in [9.17, 15) is 4.79 Å². The van der Waals surface area contributed by atoms with Crippen LogP contribution in [0.1, 0.15) is 12.5 Å². The zero-order chi connectivity index (χ0) is 9.68. The van der Waals surface area contributed by atoms with Crippen LogP contribution in [0.4, 0.5) is 4.79 Å². The number of carbonyl (C=O) groups is 1. The first-order valence-electron chi connectivity index (χ1n) is 4.13. The Morgan fingerprint density at radius 1 is 1.46 bits per heavy atom. The lowest BCUT2D eigenvalue weighted by molar-refractivity contribution is 0.217. The highest BCUT2D eigenvalue weighted by atomic mass is 16.2. The van der Waals surface area contributed by atoms with Gasteiger partial charge in [0.2, 0.25) is 0 Å². The van der Waals surface area contributed by atoms with Gasteiger partial charge in [0, 0.05) is 6.54 Å². The molecule has 13 heavy (non-hydrogen) atoms. The van der Waals surface area contributed by atoms with E-state index in [2.05, 4.69) is 0 Å². The van der Waals surface area contributed by atoms with Crippen LogP contribution >= 0.6 is 0 Å². The Morgan fingerprint density at radius 3 is 2.54 bits per heavy atom. The smallest absolute Gasteiger partial charge is 0.315 e. The molecule has 3 heteroatoms. The highest BCUT2D eigenvalue weighted by Gasteiger charge is 2.06. The molecule has 0 saturated carbocycles. The highest BCUT2D eigenvalue weighted by Crippen LogP contribution is 2.04. The van der Waals surface area contributed by atoms with E-state index in [1.165, 1.54) is 4.90 Å². The van der Waals surface area contributed by atoms with Gasteiger partial charge in [0.25, 0.3) is 0 Å². The second-order valence-electron chi connectivity index (χ2n) is 2.71. The predicted octanol–water partition coefficient (Wildman–Crippen LogP) is 1.75. The van der Waals surface area contributed by atoms with E-state index in [1.807, 2.05) is 30.3 Å². The molecular formula is C10H13N2O. The summed E-state index contributed by atoms with van der Waals surface area (Å²) in [7, 11) is 0. The van der Waals surface area contributed by atoms with Crippen molar-refractivity contribution in [2.24, 2.45) is 5.73 Å². The maximum Gasteiger partial charge on any atom is 0.315 e. The largest absolute Gasteiger partial charge is 0.351 e. The summed E-state index contributed by atoms with van der Waals surface area (Å²) >= 11 is 0. The number of rotatable bonds is 3. The molecule has 1 radical (unpaired) electrons. The monoisotopic (exact) mass is 177 g/mol. The van der Waals surface area contributed by atoms with Crippen LogP contribution in [-0.2, 0) is 6.54 Å². The van der Waals surface area contributed by atoms with Crippen molar-refractivity contribution in [1.82, 2.24) is 4.90 Å². The molecule has 0 unspecified atom stereocenters. The van der Waals surface area contributed by atoms with E-state index in [-0.39, 0.29) is 0 Å². The molecule has 69 valence electrons. The first-order valence-corrected chi connectivity index (χ1v) is 4.13. The molecular weight excluding hydrogens is 164 g/mol. The minimum atomic E-state index is -0.425. The number of hydrogen-bond acceptors (Lipinski definition) is 1. The fraction of sp³-hybridized carbons (Fsp3) is 0.200. The average Bonchev–Trinajstić information content (AvgIpc) is 2.15. The van der Waals surface area contributed by atoms with Crippen molar-refractivity contribution in [3.63, 3.8) is 0 Å². The first kappa shape index (κ1) is 9.58. The molecule has 2 amide bonds. The van der Waals surface area contributed by atoms with Crippen molar-refractivity contribution in [2.45, 2.75) is 13.5 Å². The molecule has 0 saturated heterocycles. The summed E-state index contributed by atoms with van der Waals surface area (Å²) in [5, 5.41) is 0. The van der Waals surface area contributed by atoms with Crippen LogP contribution < -0.4 is 5.73 Å². The SMILES string of the molecule is C[CH]N(Cc1ccccc1)C(N)=O. The van der Waals surface area contributed by atoms with Crippen molar-refractivity contribution in [3.05, 3.63) is 42.4 Å². The predicted molar refractivity (Wildman–Crippen MR) is 51.5 cm³/mol. The molecule has 0 aliphatic carbocycles. The summed E-state index contributed by atoms with van der Waals surface area (Å²) in [4.78, 5) is 12.3. The van der Waals surface area contributed by atoms with Crippen LogP contribution in [0.3, 0.4) is 0 Å². The molecule has 0 spiro atoms. The van der Waals surface area contributed by atoms with E-state index >= 15 is 0 Å². The lowest BCUT2D eigenvalue weighted by atomic mass is 10.2. The maximum absolute atomic E-state index is 10.9. The number of primary amides is 1. The summed E-state index contributed by atoms with van der Waals surface area (Å²) in [6, 6.07) is 9.30. The number of urea groups is 1. The Kier molecular flexibility index (Phi) is 3.31. The van der Waals surface area contributed by atoms with Gasteiger partial charge in [-0.15, -0.1) is 0 Å². The number of hydrogen-bond donors (Lipinski definition) is 1. The Bertz CT molecular complexity index is 272. The van der Waals surface area contributed by atoms with E-state index in [0.717, 1.165) is 5.56 Å². The minimum absolute atomic E-state index is 0.425. The minimum Gasteiger partial charge on any atom is -0.351 e. The molecule has 0 heterocycles. The number of nitrogens with two attached hydrogens (primary N) is 1. The topological polar surface area (TPSA) is 46.3 Å². The van der Waals surface area contributed by atoms with Gasteiger partial charge in [-0.05, 0) is 12.5 Å². The molecule has 1 aromatic rings. The fourth-order valence-corrected chi connectivity index (χ4v) is 1.08. The van der Waals surface area contributed by atoms with Crippen molar-refractivity contribution >= 4 is 6.03 Å². The molecule has 0 fully saturated rings. The number of nitrogens with zero attached hydrogens (tertiary/aromatic N) is 1. The van der Waals surface area contributed by atoms with E-state index < -0.39 is 6.03 Å². The van der Waals surface area contributed by atoms with Gasteiger partial charge in [0.05, 0.1) is 6.54 Å². The molecule has 0 atom stereocenters. The summed E-state index contributed by atoms with van der Waals surface area (Å²) < 4.78 is 0. The van der Waals surface area contributed by atoms with Gasteiger partial charge in [-0.1, -0.05) is 30.3 Å². The van der Waals surface area contributed by atoms with Crippen molar-refractivity contribution in [2.75, 3.05) is 0 Å². The lowest BCUT2D eigenvalue weighted by Gasteiger charge is -2.17. The van der Waals surface area contributed by atoms with Crippen LogP contribution in [0, 0.1) is 6.54 Å². The van der Waals surface area contributed by atoms with Crippen molar-refractivity contribution < 1.29 is 4.79 Å². The van der Waals surface area contributed by atoms with Gasteiger partial charge < -0.3 is 10.6 Å². The normalized spacial score (nSPS) is 9.62. The van der Waals surface area contributed by atoms with Crippen LogP contribution in [0.2, 0.25) is 0 Å². The zero-order valence-electron chi connectivity index (χ0n) is 7.60. The number of amides is 2. The van der Waals surface area contributed by atoms with E-state index in [0.29, 0.717) is 6.54 Å². The Hall–Kier alpha value is -1.51. The van der Waals surface area contributed by atoms with Crippen LogP contribution in [0.15, 0.2) is 30.3 Å². The third kappa shape index (κ3) is 2.78. The van der Waals surface area contributed by atoms with Gasteiger partial charge in [0.15, 0.2) is 0 Å². The third-order valence-corrected chi connectivity index (χ3v) is 1.79. The Morgan fingerprint density at radius 2 is 2.08 bits per heavy atom. The fourth-order valence-electron chi connectivity index (χ4n) is 1.08. The summed E-state index contributed by atoms with van der Waals surface area (Å²) in [6.45, 7) is 4.00. The molecule has 0 aliphatic rings. The maximum atomic E-state index is 10.9. The first-order chi connectivity index (χ1) is 6.24. The summed E-state index contributed by atoms with van der Waals surface area (Å²) in [6.07, 6.45) is 0.